The summed E-state index contributed by atoms with van der Waals surface area (Å²) in [6.07, 6.45) is 7.78. The molecule has 3 aliphatic rings. The molecule has 2 aliphatic carbocycles. The quantitative estimate of drug-likeness (QED) is 0.721. The van der Waals surface area contributed by atoms with Gasteiger partial charge in [0.2, 0.25) is 15.9 Å². The van der Waals surface area contributed by atoms with E-state index in [2.05, 4.69) is 15.0 Å². The van der Waals surface area contributed by atoms with E-state index in [-0.39, 0.29) is 29.8 Å². The molecule has 164 valence electrons. The van der Waals surface area contributed by atoms with E-state index >= 15 is 0 Å². The molecular weight excluding hydrogens is 414 g/mol. The number of hydrogen-bond donors (Lipinski definition) is 0. The molecule has 0 radical (unpaired) electrons. The molecule has 0 spiro atoms. The largest absolute Gasteiger partial charge is 0.340 e. The van der Waals surface area contributed by atoms with Crippen LogP contribution in [-0.4, -0.2) is 64.7 Å². The van der Waals surface area contributed by atoms with Gasteiger partial charge < -0.3 is 4.90 Å². The van der Waals surface area contributed by atoms with Gasteiger partial charge in [-0.15, -0.1) is 0 Å². The van der Waals surface area contributed by atoms with Crippen molar-refractivity contribution >= 4 is 15.9 Å². The Morgan fingerprint density at radius 1 is 1.03 bits per heavy atom. The lowest BCUT2D eigenvalue weighted by molar-refractivity contribution is -0.134. The molecular formula is C22H27N5O3S. The number of piperazine rings is 1. The van der Waals surface area contributed by atoms with Gasteiger partial charge in [-0.25, -0.2) is 18.4 Å². The van der Waals surface area contributed by atoms with Gasteiger partial charge in [0, 0.05) is 38.3 Å². The molecule has 9 heteroatoms. The molecule has 8 nitrogen and oxygen atoms in total. The van der Waals surface area contributed by atoms with E-state index in [0.29, 0.717) is 42.1 Å². The van der Waals surface area contributed by atoms with E-state index in [1.165, 1.54) is 36.2 Å². The van der Waals surface area contributed by atoms with Crippen molar-refractivity contribution in [2.75, 3.05) is 26.2 Å². The Hall–Kier alpha value is -2.39. The third-order valence-corrected chi connectivity index (χ3v) is 8.79. The molecule has 0 bridgehead atoms. The highest BCUT2D eigenvalue weighted by atomic mass is 32.2. The molecule has 0 N–H and O–H groups in total. The lowest BCUT2D eigenvalue weighted by atomic mass is 10.0. The number of aryl methyl sites for hydroxylation is 1. The van der Waals surface area contributed by atoms with E-state index in [1.807, 2.05) is 4.90 Å². The highest BCUT2D eigenvalue weighted by Gasteiger charge is 2.56. The zero-order valence-corrected chi connectivity index (χ0v) is 18.5. The summed E-state index contributed by atoms with van der Waals surface area (Å²) in [5, 5.41) is 0. The number of pyridine rings is 1. The number of hydrogen-bond acceptors (Lipinski definition) is 6. The minimum Gasteiger partial charge on any atom is -0.340 e. The summed E-state index contributed by atoms with van der Waals surface area (Å²) in [6.45, 7) is 3.15. The number of carbonyl (C=O) groups is 1. The second-order valence-corrected chi connectivity index (χ2v) is 10.6. The molecule has 2 atom stereocenters. The SMILES string of the molecule is Cc1ncc(S(=O)(=O)N2CCN(C(=O)C3C4CCCCC43)CC2)c(-c2ccccn2)n1. The Morgan fingerprint density at radius 2 is 1.74 bits per heavy atom. The molecule has 2 saturated carbocycles. The minimum atomic E-state index is -3.80. The topological polar surface area (TPSA) is 96.4 Å². The first-order valence-corrected chi connectivity index (χ1v) is 12.4. The third-order valence-electron chi connectivity index (χ3n) is 6.89. The number of rotatable bonds is 4. The van der Waals surface area contributed by atoms with Gasteiger partial charge in [0.05, 0.1) is 11.9 Å². The van der Waals surface area contributed by atoms with Crippen molar-refractivity contribution in [2.24, 2.45) is 17.8 Å². The summed E-state index contributed by atoms with van der Waals surface area (Å²) < 4.78 is 28.3. The van der Waals surface area contributed by atoms with Crippen molar-refractivity contribution in [2.45, 2.75) is 37.5 Å². The lowest BCUT2D eigenvalue weighted by Crippen LogP contribution is -2.51. The first-order chi connectivity index (χ1) is 15.0. The molecule has 3 fully saturated rings. The Bertz CT molecular complexity index is 1070. The summed E-state index contributed by atoms with van der Waals surface area (Å²) in [5.41, 5.74) is 0.811. The average molecular weight is 442 g/mol. The predicted octanol–water partition coefficient (Wildman–Crippen LogP) is 2.12. The first kappa shape index (κ1) is 20.5. The monoisotopic (exact) mass is 441 g/mol. The van der Waals surface area contributed by atoms with Gasteiger partial charge in [-0.3, -0.25) is 9.78 Å². The maximum absolute atomic E-state index is 13.4. The van der Waals surface area contributed by atoms with Crippen LogP contribution in [0.2, 0.25) is 0 Å². The predicted molar refractivity (Wildman–Crippen MR) is 114 cm³/mol. The van der Waals surface area contributed by atoms with E-state index in [1.54, 1.807) is 31.3 Å². The van der Waals surface area contributed by atoms with Crippen molar-refractivity contribution in [1.29, 1.82) is 0 Å². The molecule has 5 rings (SSSR count). The Morgan fingerprint density at radius 3 is 2.39 bits per heavy atom. The van der Waals surface area contributed by atoms with E-state index in [9.17, 15) is 13.2 Å². The summed E-state index contributed by atoms with van der Waals surface area (Å²) in [5.74, 6) is 2.01. The number of nitrogens with zero attached hydrogens (tertiary/aromatic N) is 5. The van der Waals surface area contributed by atoms with Gasteiger partial charge in [-0.2, -0.15) is 4.31 Å². The van der Waals surface area contributed by atoms with Crippen LogP contribution in [0.25, 0.3) is 11.4 Å². The fourth-order valence-electron chi connectivity index (χ4n) is 5.19. The van der Waals surface area contributed by atoms with Gasteiger partial charge in [0.25, 0.3) is 0 Å². The summed E-state index contributed by atoms with van der Waals surface area (Å²) in [4.78, 5) is 27.7. The maximum Gasteiger partial charge on any atom is 0.246 e. The third kappa shape index (κ3) is 3.74. The average Bonchev–Trinajstić information content (AvgIpc) is 3.53. The Kier molecular flexibility index (Phi) is 5.26. The van der Waals surface area contributed by atoms with Crippen LogP contribution < -0.4 is 0 Å². The van der Waals surface area contributed by atoms with Crippen LogP contribution in [0, 0.1) is 24.7 Å². The van der Waals surface area contributed by atoms with Crippen molar-refractivity contribution in [1.82, 2.24) is 24.2 Å². The van der Waals surface area contributed by atoms with Crippen molar-refractivity contribution in [3.63, 3.8) is 0 Å². The first-order valence-electron chi connectivity index (χ1n) is 11.0. The molecule has 1 aliphatic heterocycles. The molecule has 2 aromatic heterocycles. The minimum absolute atomic E-state index is 0.0600. The van der Waals surface area contributed by atoms with Gasteiger partial charge in [0.1, 0.15) is 16.4 Å². The van der Waals surface area contributed by atoms with Gasteiger partial charge in [-0.1, -0.05) is 18.9 Å². The van der Waals surface area contributed by atoms with Crippen LogP contribution in [0.15, 0.2) is 35.5 Å². The molecule has 2 unspecified atom stereocenters. The number of carbonyl (C=O) groups excluding carboxylic acids is 1. The van der Waals surface area contributed by atoms with Crippen molar-refractivity contribution in [3.8, 4) is 11.4 Å². The van der Waals surface area contributed by atoms with Gasteiger partial charge in [-0.05, 0) is 43.7 Å². The van der Waals surface area contributed by atoms with Crippen LogP contribution in [0.1, 0.15) is 31.5 Å². The van der Waals surface area contributed by atoms with Crippen molar-refractivity contribution in [3.05, 3.63) is 36.4 Å². The highest BCUT2D eigenvalue weighted by Crippen LogP contribution is 2.56. The van der Waals surface area contributed by atoms with E-state index < -0.39 is 10.0 Å². The summed E-state index contributed by atoms with van der Waals surface area (Å²) >= 11 is 0. The number of fused-ring (bicyclic) bond motifs is 1. The number of sulfonamides is 1. The van der Waals surface area contributed by atoms with Crippen LogP contribution in [-0.2, 0) is 14.8 Å². The molecule has 31 heavy (non-hydrogen) atoms. The smallest absolute Gasteiger partial charge is 0.246 e. The van der Waals surface area contributed by atoms with Crippen LogP contribution in [0.5, 0.6) is 0 Å². The van der Waals surface area contributed by atoms with Crippen LogP contribution >= 0.6 is 0 Å². The standard InChI is InChI=1S/C22H27N5O3S/c1-15-24-14-19(21(25-15)18-8-4-5-9-23-18)31(29,30)27-12-10-26(11-13-27)22(28)20-16-6-2-3-7-17(16)20/h4-5,8-9,14,16-17,20H,2-3,6-7,10-13H2,1H3. The molecule has 1 amide bonds. The zero-order valence-electron chi connectivity index (χ0n) is 17.6. The molecule has 3 heterocycles. The molecule has 1 saturated heterocycles. The Labute approximate surface area is 182 Å². The van der Waals surface area contributed by atoms with Gasteiger partial charge in [0.15, 0.2) is 0 Å². The number of aromatic nitrogens is 3. The molecule has 0 aromatic carbocycles. The van der Waals surface area contributed by atoms with Gasteiger partial charge >= 0.3 is 0 Å². The summed E-state index contributed by atoms with van der Waals surface area (Å²) in [6, 6.07) is 5.32. The fraction of sp³-hybridized carbons (Fsp3) is 0.545. The normalized spacial score (nSPS) is 26.4. The zero-order chi connectivity index (χ0) is 21.6. The van der Waals surface area contributed by atoms with Crippen LogP contribution in [0.4, 0.5) is 0 Å². The van der Waals surface area contributed by atoms with Crippen molar-refractivity contribution < 1.29 is 13.2 Å². The van der Waals surface area contributed by atoms with Crippen LogP contribution in [0.3, 0.4) is 0 Å². The van der Waals surface area contributed by atoms with E-state index in [4.69, 9.17) is 0 Å². The fourth-order valence-corrected chi connectivity index (χ4v) is 6.69. The highest BCUT2D eigenvalue weighted by molar-refractivity contribution is 7.89. The number of amides is 1. The maximum atomic E-state index is 13.4. The second kappa shape index (κ2) is 7.94. The van der Waals surface area contributed by atoms with E-state index in [0.717, 1.165) is 0 Å². The summed E-state index contributed by atoms with van der Waals surface area (Å²) in [7, 11) is -3.80. The Balaban J connectivity index is 1.32. The second-order valence-electron chi connectivity index (χ2n) is 8.71. The molecule has 2 aromatic rings. The lowest BCUT2D eigenvalue weighted by Gasteiger charge is -2.34.